The van der Waals surface area contributed by atoms with E-state index < -0.39 is 6.04 Å². The van der Waals surface area contributed by atoms with E-state index in [-0.39, 0.29) is 28.9 Å². The molecule has 6 heteroatoms. The molecule has 0 aromatic heterocycles. The number of amides is 1. The molecule has 0 spiro atoms. The summed E-state index contributed by atoms with van der Waals surface area (Å²) in [7, 11) is 0. The van der Waals surface area contributed by atoms with Gasteiger partial charge in [-0.1, -0.05) is 36.5 Å². The van der Waals surface area contributed by atoms with E-state index in [0.717, 1.165) is 24.1 Å². The van der Waals surface area contributed by atoms with Crippen LogP contribution < -0.4 is 11.1 Å². The quantitative estimate of drug-likeness (QED) is 0.570. The Morgan fingerprint density at radius 3 is 2.69 bits per heavy atom. The van der Waals surface area contributed by atoms with Gasteiger partial charge < -0.3 is 11.1 Å². The van der Waals surface area contributed by atoms with Crippen molar-refractivity contribution >= 4 is 17.3 Å². The smallest absolute Gasteiger partial charge is 0.217 e. The maximum Gasteiger partial charge on any atom is 0.217 e. The minimum atomic E-state index is -0.395. The van der Waals surface area contributed by atoms with Crippen molar-refractivity contribution in [1.82, 2.24) is 5.32 Å². The minimum Gasteiger partial charge on any atom is -0.404 e. The number of nitrogens with two attached hydrogens (primary N) is 1. The Kier molecular flexibility index (Phi) is 7.16. The van der Waals surface area contributed by atoms with Crippen LogP contribution in [0.1, 0.15) is 45.1 Å². The lowest BCUT2D eigenvalue weighted by molar-refractivity contribution is -0.119. The molecule has 1 unspecified atom stereocenters. The van der Waals surface area contributed by atoms with E-state index in [2.05, 4.69) is 30.2 Å². The molecule has 3 atom stereocenters. The molecule has 0 radical (unpaired) electrons. The van der Waals surface area contributed by atoms with Crippen LogP contribution in [0.15, 0.2) is 76.9 Å². The molecule has 1 fully saturated rings. The zero-order valence-electron chi connectivity index (χ0n) is 19.9. The van der Waals surface area contributed by atoms with E-state index in [1.54, 1.807) is 36.5 Å². The third kappa shape index (κ3) is 5.51. The summed E-state index contributed by atoms with van der Waals surface area (Å²) < 4.78 is 27.3. The van der Waals surface area contributed by atoms with E-state index in [4.69, 9.17) is 10.7 Å². The number of aliphatic imine (C=N–C) groups is 1. The molecule has 35 heavy (non-hydrogen) atoms. The fourth-order valence-corrected chi connectivity index (χ4v) is 5.13. The SMILES string of the molecule is CC(=O)NC(C#Cc1ccccc1F)C[C@H]1CCC2=CC(=Nc3ccc(F)cc3)C(=CN)C[C@@]21C. The molecule has 0 saturated heterocycles. The number of carbonyl (C=O) groups is 1. The van der Waals surface area contributed by atoms with Crippen molar-refractivity contribution in [3.63, 3.8) is 0 Å². The molecule has 0 bridgehead atoms. The van der Waals surface area contributed by atoms with Crippen molar-refractivity contribution in [2.75, 3.05) is 0 Å². The van der Waals surface area contributed by atoms with Gasteiger partial charge in [0, 0.05) is 6.92 Å². The van der Waals surface area contributed by atoms with Crippen LogP contribution in [0.4, 0.5) is 14.5 Å². The summed E-state index contributed by atoms with van der Waals surface area (Å²) >= 11 is 0. The Bertz CT molecular complexity index is 1270. The van der Waals surface area contributed by atoms with E-state index >= 15 is 0 Å². The maximum absolute atomic E-state index is 14.0. The van der Waals surface area contributed by atoms with Gasteiger partial charge in [0.1, 0.15) is 11.6 Å². The molecule has 0 heterocycles. The van der Waals surface area contributed by atoms with Crippen molar-refractivity contribution < 1.29 is 13.6 Å². The first kappa shape index (κ1) is 24.4. The summed E-state index contributed by atoms with van der Waals surface area (Å²) in [5, 5.41) is 2.93. The number of benzene rings is 2. The van der Waals surface area contributed by atoms with Crippen LogP contribution in [0.3, 0.4) is 0 Å². The Hall–Kier alpha value is -3.72. The molecule has 1 saturated carbocycles. The lowest BCUT2D eigenvalue weighted by Crippen LogP contribution is -2.37. The van der Waals surface area contributed by atoms with Gasteiger partial charge in [-0.25, -0.2) is 13.8 Å². The Morgan fingerprint density at radius 2 is 2.00 bits per heavy atom. The Balaban J connectivity index is 1.60. The number of fused-ring (bicyclic) bond motifs is 1. The van der Waals surface area contributed by atoms with Gasteiger partial charge in [-0.05, 0) is 91.3 Å². The third-order valence-electron chi connectivity index (χ3n) is 7.02. The topological polar surface area (TPSA) is 67.5 Å². The van der Waals surface area contributed by atoms with Gasteiger partial charge >= 0.3 is 0 Å². The number of carbonyl (C=O) groups excluding carboxylic acids is 1. The van der Waals surface area contributed by atoms with Gasteiger partial charge in [0.15, 0.2) is 0 Å². The van der Waals surface area contributed by atoms with E-state index in [9.17, 15) is 13.6 Å². The first-order valence-electron chi connectivity index (χ1n) is 11.8. The number of nitrogens with zero attached hydrogens (tertiary/aromatic N) is 1. The Labute approximate surface area is 205 Å². The predicted molar refractivity (Wildman–Crippen MR) is 135 cm³/mol. The summed E-state index contributed by atoms with van der Waals surface area (Å²) in [6.07, 6.45) is 6.92. The highest BCUT2D eigenvalue weighted by Gasteiger charge is 2.46. The monoisotopic (exact) mass is 473 g/mol. The highest BCUT2D eigenvalue weighted by atomic mass is 19.1. The minimum absolute atomic E-state index is 0.149. The second kappa shape index (κ2) is 10.3. The lowest BCUT2D eigenvalue weighted by Gasteiger charge is -2.38. The van der Waals surface area contributed by atoms with Crippen LogP contribution in [0, 0.1) is 34.8 Å². The van der Waals surface area contributed by atoms with Crippen LogP contribution in [-0.4, -0.2) is 17.7 Å². The zero-order chi connectivity index (χ0) is 25.0. The number of hydrogen-bond donors (Lipinski definition) is 2. The second-order valence-electron chi connectivity index (χ2n) is 9.40. The fourth-order valence-electron chi connectivity index (χ4n) is 5.13. The molecule has 1 amide bonds. The molecule has 2 aromatic rings. The molecule has 2 aliphatic carbocycles. The van der Waals surface area contributed by atoms with Crippen molar-refractivity contribution in [2.45, 2.75) is 45.6 Å². The van der Waals surface area contributed by atoms with Crippen LogP contribution >= 0.6 is 0 Å². The van der Waals surface area contributed by atoms with Gasteiger partial charge in [0.2, 0.25) is 5.91 Å². The van der Waals surface area contributed by atoms with Gasteiger partial charge in [0.05, 0.1) is 23.0 Å². The summed E-state index contributed by atoms with van der Waals surface area (Å²) in [6, 6.07) is 12.0. The molecule has 180 valence electrons. The van der Waals surface area contributed by atoms with Crippen LogP contribution in [0.2, 0.25) is 0 Å². The van der Waals surface area contributed by atoms with Gasteiger partial charge in [-0.3, -0.25) is 4.79 Å². The normalized spacial score (nSPS) is 24.3. The van der Waals surface area contributed by atoms with Gasteiger partial charge in [-0.2, -0.15) is 0 Å². The molecule has 2 aromatic carbocycles. The number of nitrogens with one attached hydrogen (secondary N) is 1. The fraction of sp³-hybridized carbons (Fsp3) is 0.310. The number of halogens is 2. The lowest BCUT2D eigenvalue weighted by atomic mass is 9.67. The molecule has 4 nitrogen and oxygen atoms in total. The molecule has 2 aliphatic rings. The standard InChI is InChI=1S/C29H29F2N3O/c1-19(35)33-26(12-7-20-5-3-4-6-27(20)31)15-22-8-9-23-16-28(21(18-32)17-29(22,23)2)34-25-13-10-24(30)11-14-25/h3-6,10-11,13-14,16,18,22,26H,8-9,15,17,32H2,1-2H3,(H,33,35)/t22-,26?,29-/m1/s1. The average Bonchev–Trinajstić information content (AvgIpc) is 3.14. The largest absolute Gasteiger partial charge is 0.404 e. The molecular weight excluding hydrogens is 444 g/mol. The summed E-state index contributed by atoms with van der Waals surface area (Å²) in [4.78, 5) is 16.6. The number of rotatable bonds is 4. The Morgan fingerprint density at radius 1 is 1.26 bits per heavy atom. The molecule has 4 rings (SSSR count). The van der Waals surface area contributed by atoms with Crippen molar-refractivity contribution in [3.05, 3.63) is 89.2 Å². The molecule has 3 N–H and O–H groups in total. The first-order chi connectivity index (χ1) is 16.8. The van der Waals surface area contributed by atoms with Gasteiger partial charge in [0.25, 0.3) is 0 Å². The zero-order valence-corrected chi connectivity index (χ0v) is 19.9. The third-order valence-corrected chi connectivity index (χ3v) is 7.02. The first-order valence-corrected chi connectivity index (χ1v) is 11.8. The van der Waals surface area contributed by atoms with Crippen molar-refractivity contribution in [2.24, 2.45) is 22.1 Å². The molecule has 0 aliphatic heterocycles. The van der Waals surface area contributed by atoms with Crippen LogP contribution in [-0.2, 0) is 4.79 Å². The van der Waals surface area contributed by atoms with E-state index in [0.29, 0.717) is 24.1 Å². The van der Waals surface area contributed by atoms with Gasteiger partial charge in [-0.15, -0.1) is 0 Å². The van der Waals surface area contributed by atoms with E-state index in [1.165, 1.54) is 30.7 Å². The molecular formula is C29H29F2N3O. The number of hydrogen-bond acceptors (Lipinski definition) is 3. The predicted octanol–water partition coefficient (Wildman–Crippen LogP) is 5.57. The van der Waals surface area contributed by atoms with E-state index in [1.807, 2.05) is 0 Å². The van der Waals surface area contributed by atoms with Crippen molar-refractivity contribution in [1.29, 1.82) is 0 Å². The highest BCUT2D eigenvalue weighted by Crippen LogP contribution is 2.55. The van der Waals surface area contributed by atoms with Crippen LogP contribution in [0.5, 0.6) is 0 Å². The van der Waals surface area contributed by atoms with Crippen LogP contribution in [0.25, 0.3) is 0 Å². The highest BCUT2D eigenvalue weighted by molar-refractivity contribution is 6.11. The number of allylic oxidation sites excluding steroid dienone is 3. The summed E-state index contributed by atoms with van der Waals surface area (Å²) in [5.41, 5.74) is 9.86. The summed E-state index contributed by atoms with van der Waals surface area (Å²) in [5.74, 6) is 5.39. The maximum atomic E-state index is 14.0. The van der Waals surface area contributed by atoms with Crippen molar-refractivity contribution in [3.8, 4) is 11.8 Å². The summed E-state index contributed by atoms with van der Waals surface area (Å²) in [6.45, 7) is 3.69. The second-order valence-corrected chi connectivity index (χ2v) is 9.40. The average molecular weight is 474 g/mol.